The maximum Gasteiger partial charge on any atom is 0.416 e. The van der Waals surface area contributed by atoms with E-state index < -0.39 is 46.6 Å². The minimum Gasteiger partial charge on any atom is -0.285 e. The van der Waals surface area contributed by atoms with E-state index in [1.165, 1.54) is 34.8 Å². The van der Waals surface area contributed by atoms with E-state index in [4.69, 9.17) is 0 Å². The topological polar surface area (TPSA) is 68.3 Å². The van der Waals surface area contributed by atoms with Gasteiger partial charge in [0.25, 0.3) is 0 Å². The van der Waals surface area contributed by atoms with E-state index in [0.29, 0.717) is 21.9 Å². The molecular formula is C38H18F6O4S2. The minimum absolute atomic E-state index is 0.0258. The number of carbonyl (C=O) groups is 4. The third-order valence-corrected chi connectivity index (χ3v) is 11.3. The molecule has 2 aromatic heterocycles. The Balaban J connectivity index is 1.24. The van der Waals surface area contributed by atoms with Crippen LogP contribution in [0.2, 0.25) is 0 Å². The van der Waals surface area contributed by atoms with Crippen LogP contribution in [0, 0.1) is 13.8 Å². The zero-order valence-electron chi connectivity index (χ0n) is 25.6. The highest BCUT2D eigenvalue weighted by atomic mass is 32.1. The number of hydrogen-bond donors (Lipinski definition) is 0. The monoisotopic (exact) mass is 716 g/mol. The summed E-state index contributed by atoms with van der Waals surface area (Å²) in [5, 5.41) is 3.57. The number of rotatable bonds is 2. The Morgan fingerprint density at radius 2 is 0.860 bits per heavy atom. The Hall–Kier alpha value is -5.20. The molecule has 0 bridgehead atoms. The molecule has 2 heterocycles. The van der Waals surface area contributed by atoms with Crippen LogP contribution in [0.15, 0.2) is 60.7 Å². The number of allylic oxidation sites excluding steroid dienone is 2. The standard InChI is InChI=1S/C38H18F6O4S2/c1-15-7-29-30(35-23(15)11-19(49-35)13-27-21-5-3-17(37(39,40)41)9-25(21)31(45)33(27)47)8-16(2)24-12-20(50-36(24)29)14-28-22-6-4-18(38(42,43)44)10-26(22)32(46)34(28)48/h3-14H,1-2H3/b27-13-,28-14-. The van der Waals surface area contributed by atoms with Gasteiger partial charge in [-0.15, -0.1) is 22.7 Å². The lowest BCUT2D eigenvalue weighted by atomic mass is 9.99. The van der Waals surface area contributed by atoms with Gasteiger partial charge in [-0.1, -0.05) is 12.1 Å². The molecule has 0 saturated heterocycles. The van der Waals surface area contributed by atoms with Crippen LogP contribution in [0.1, 0.15) is 63.9 Å². The lowest BCUT2D eigenvalue weighted by Crippen LogP contribution is -2.08. The van der Waals surface area contributed by atoms with Gasteiger partial charge in [0.2, 0.25) is 23.1 Å². The lowest BCUT2D eigenvalue weighted by Gasteiger charge is -2.07. The summed E-state index contributed by atoms with van der Waals surface area (Å²) < 4.78 is 81.5. The number of halogens is 6. The summed E-state index contributed by atoms with van der Waals surface area (Å²) in [6.07, 6.45) is -6.26. The molecule has 6 aromatic rings. The summed E-state index contributed by atoms with van der Waals surface area (Å²) in [6.45, 7) is 3.83. The first-order valence-electron chi connectivity index (χ1n) is 15.0. The van der Waals surface area contributed by atoms with E-state index in [-0.39, 0.29) is 33.4 Å². The second-order valence-corrected chi connectivity index (χ2v) is 14.4. The summed E-state index contributed by atoms with van der Waals surface area (Å²) in [7, 11) is 0. The molecule has 0 amide bonds. The van der Waals surface area contributed by atoms with Gasteiger partial charge in [-0.25, -0.2) is 0 Å². The third-order valence-electron chi connectivity index (χ3n) is 9.09. The fourth-order valence-corrected chi connectivity index (χ4v) is 9.06. The van der Waals surface area contributed by atoms with Gasteiger partial charge in [0.1, 0.15) is 0 Å². The van der Waals surface area contributed by atoms with Crippen LogP contribution >= 0.6 is 22.7 Å². The highest BCUT2D eigenvalue weighted by Crippen LogP contribution is 2.45. The molecule has 2 aliphatic rings. The molecule has 0 atom stereocenters. The molecule has 12 heteroatoms. The van der Waals surface area contributed by atoms with Gasteiger partial charge in [-0.05, 0) is 108 Å². The highest BCUT2D eigenvalue weighted by molar-refractivity contribution is 7.22. The zero-order chi connectivity index (χ0) is 35.6. The van der Waals surface area contributed by atoms with Crippen LogP contribution in [0.25, 0.3) is 54.2 Å². The quantitative estimate of drug-likeness (QED) is 0.102. The Morgan fingerprint density at radius 3 is 1.22 bits per heavy atom. The smallest absolute Gasteiger partial charge is 0.285 e. The third kappa shape index (κ3) is 4.80. The van der Waals surface area contributed by atoms with E-state index in [1.54, 1.807) is 0 Å². The zero-order valence-corrected chi connectivity index (χ0v) is 27.3. The average molecular weight is 717 g/mol. The first-order chi connectivity index (χ1) is 23.5. The molecule has 50 heavy (non-hydrogen) atoms. The first kappa shape index (κ1) is 32.0. The van der Waals surface area contributed by atoms with Gasteiger partial charge < -0.3 is 0 Å². The molecule has 0 spiro atoms. The van der Waals surface area contributed by atoms with Crippen LogP contribution in [-0.2, 0) is 21.9 Å². The number of hydrogen-bond acceptors (Lipinski definition) is 6. The lowest BCUT2D eigenvalue weighted by molar-refractivity contribution is -0.138. The van der Waals surface area contributed by atoms with E-state index in [1.807, 2.05) is 38.1 Å². The van der Waals surface area contributed by atoms with Crippen molar-refractivity contribution in [2.24, 2.45) is 0 Å². The molecule has 248 valence electrons. The van der Waals surface area contributed by atoms with Crippen LogP contribution in [0.4, 0.5) is 26.3 Å². The van der Waals surface area contributed by atoms with Crippen LogP contribution in [0.3, 0.4) is 0 Å². The van der Waals surface area contributed by atoms with Gasteiger partial charge in [-0.3, -0.25) is 19.2 Å². The predicted octanol–water partition coefficient (Wildman–Crippen LogP) is 10.5. The molecule has 4 aromatic carbocycles. The first-order valence-corrected chi connectivity index (χ1v) is 16.6. The van der Waals surface area contributed by atoms with Crippen molar-refractivity contribution in [2.75, 3.05) is 0 Å². The van der Waals surface area contributed by atoms with E-state index in [9.17, 15) is 45.5 Å². The van der Waals surface area contributed by atoms with Crippen LogP contribution < -0.4 is 0 Å². The molecule has 0 N–H and O–H groups in total. The summed E-state index contributed by atoms with van der Waals surface area (Å²) in [4.78, 5) is 52.4. The molecule has 0 saturated carbocycles. The predicted molar refractivity (Wildman–Crippen MR) is 181 cm³/mol. The number of carbonyl (C=O) groups excluding carboxylic acids is 4. The van der Waals surface area contributed by atoms with Crippen molar-refractivity contribution in [1.29, 1.82) is 0 Å². The number of Topliss-reactive ketones (excluding diaryl/α,β-unsaturated/α-hetero) is 4. The number of alkyl halides is 6. The summed E-state index contributed by atoms with van der Waals surface area (Å²) in [5.74, 6) is -3.72. The number of fused-ring (bicyclic) bond motifs is 7. The number of ketones is 4. The average Bonchev–Trinajstić information content (AvgIpc) is 3.79. The maximum absolute atomic E-state index is 13.3. The molecule has 0 fully saturated rings. The van der Waals surface area contributed by atoms with Gasteiger partial charge in [0.05, 0.1) is 11.1 Å². The molecule has 2 aliphatic carbocycles. The van der Waals surface area contributed by atoms with Crippen molar-refractivity contribution in [3.8, 4) is 0 Å². The summed E-state index contributed by atoms with van der Waals surface area (Å²) in [5.41, 5.74) is -0.419. The second kappa shape index (κ2) is 10.6. The van der Waals surface area contributed by atoms with Gasteiger partial charge in [0.15, 0.2) is 0 Å². The van der Waals surface area contributed by atoms with Crippen molar-refractivity contribution in [2.45, 2.75) is 26.2 Å². The summed E-state index contributed by atoms with van der Waals surface area (Å²) >= 11 is 2.74. The molecule has 8 rings (SSSR count). The van der Waals surface area contributed by atoms with Crippen LogP contribution in [0.5, 0.6) is 0 Å². The Morgan fingerprint density at radius 1 is 0.480 bits per heavy atom. The minimum atomic E-state index is -4.67. The van der Waals surface area contributed by atoms with E-state index >= 15 is 0 Å². The Bertz CT molecular complexity index is 2480. The second-order valence-electron chi connectivity index (χ2n) is 12.2. The Kier molecular flexibility index (Phi) is 6.82. The largest absolute Gasteiger partial charge is 0.416 e. The van der Waals surface area contributed by atoms with Crippen molar-refractivity contribution >= 4 is 100 Å². The van der Waals surface area contributed by atoms with Gasteiger partial charge in [-0.2, -0.15) is 26.3 Å². The fraction of sp³-hybridized carbons (Fsp3) is 0.105. The summed E-state index contributed by atoms with van der Waals surface area (Å²) in [6, 6.07) is 13.2. The van der Waals surface area contributed by atoms with Crippen molar-refractivity contribution in [3.63, 3.8) is 0 Å². The number of thiophene rings is 2. The van der Waals surface area contributed by atoms with Crippen molar-refractivity contribution in [1.82, 2.24) is 0 Å². The van der Waals surface area contributed by atoms with Gasteiger partial charge in [0, 0.05) is 52.2 Å². The number of benzene rings is 4. The van der Waals surface area contributed by atoms with E-state index in [2.05, 4.69) is 0 Å². The van der Waals surface area contributed by atoms with E-state index in [0.717, 1.165) is 66.3 Å². The molecular weight excluding hydrogens is 699 g/mol. The fourth-order valence-electron chi connectivity index (χ4n) is 6.66. The SMILES string of the molecule is Cc1cc2c(cc(C)c3cc(/C=C4\C(=O)C(=O)c5cc(C(F)(F)F)ccc54)sc32)c2sc(/C=C3\C(=O)C(=O)c4cc(C(F)(F)F)ccc43)cc12. The normalized spacial score (nSPS) is 16.6. The molecule has 0 aliphatic heterocycles. The van der Waals surface area contributed by atoms with Gasteiger partial charge >= 0.3 is 12.4 Å². The Labute approximate surface area is 285 Å². The van der Waals surface area contributed by atoms with Crippen LogP contribution in [-0.4, -0.2) is 23.1 Å². The number of aryl methyl sites for hydroxylation is 2. The van der Waals surface area contributed by atoms with Crippen molar-refractivity contribution in [3.05, 3.63) is 115 Å². The molecule has 4 nitrogen and oxygen atoms in total. The van der Waals surface area contributed by atoms with Crippen molar-refractivity contribution < 1.29 is 45.5 Å². The maximum atomic E-state index is 13.3. The molecule has 0 unspecified atom stereocenters. The molecule has 0 radical (unpaired) electrons. The highest BCUT2D eigenvalue weighted by Gasteiger charge is 2.39.